The molecule has 0 fully saturated rings. The molecule has 0 heterocycles. The van der Waals surface area contributed by atoms with Gasteiger partial charge in [-0.05, 0) is 24.2 Å². The van der Waals surface area contributed by atoms with Gasteiger partial charge in [-0.2, -0.15) is 11.8 Å². The van der Waals surface area contributed by atoms with Crippen LogP contribution in [0, 0.1) is 24.5 Å². The number of thioether (sulfide) groups is 1. The molecule has 5 heteroatoms. The van der Waals surface area contributed by atoms with E-state index in [1.165, 1.54) is 0 Å². The first-order valence-corrected chi connectivity index (χ1v) is 7.11. The molecule has 0 aliphatic rings. The zero-order valence-electron chi connectivity index (χ0n) is 11.0. The second-order valence-corrected chi connectivity index (χ2v) is 5.83. The summed E-state index contributed by atoms with van der Waals surface area (Å²) in [6.07, 6.45) is 0. The van der Waals surface area contributed by atoms with Crippen LogP contribution < -0.4 is 11.3 Å². The van der Waals surface area contributed by atoms with Gasteiger partial charge < -0.3 is 0 Å². The fourth-order valence-corrected chi connectivity index (χ4v) is 2.70. The van der Waals surface area contributed by atoms with E-state index in [0.29, 0.717) is 17.2 Å². The second-order valence-electron chi connectivity index (χ2n) is 4.75. The highest BCUT2D eigenvalue weighted by atomic mass is 32.2. The minimum atomic E-state index is -0.803. The van der Waals surface area contributed by atoms with Crippen LogP contribution in [0.1, 0.15) is 31.0 Å². The molecule has 0 amide bonds. The van der Waals surface area contributed by atoms with E-state index in [4.69, 9.17) is 5.84 Å². The van der Waals surface area contributed by atoms with Gasteiger partial charge >= 0.3 is 0 Å². The predicted octanol–water partition coefficient (Wildman–Crippen LogP) is 3.17. The summed E-state index contributed by atoms with van der Waals surface area (Å²) in [6, 6.07) is 2.79. The van der Waals surface area contributed by atoms with E-state index < -0.39 is 11.6 Å². The summed E-state index contributed by atoms with van der Waals surface area (Å²) in [6.45, 7) is 5.77. The Kier molecular flexibility index (Phi) is 6.05. The lowest BCUT2D eigenvalue weighted by atomic mass is 10.1. The van der Waals surface area contributed by atoms with E-state index in [1.54, 1.807) is 30.8 Å². The molecule has 102 valence electrons. The zero-order chi connectivity index (χ0) is 13.7. The predicted molar refractivity (Wildman–Crippen MR) is 73.3 cm³/mol. The summed E-state index contributed by atoms with van der Waals surface area (Å²) in [4.78, 5) is 0. The fraction of sp³-hybridized carbons (Fsp3) is 0.538. The summed E-state index contributed by atoms with van der Waals surface area (Å²) in [7, 11) is 0. The molecule has 1 rings (SSSR count). The SMILES string of the molecule is Cc1ccc(C(CSCC(C)C)NN)c(F)c1F. The maximum absolute atomic E-state index is 13.8. The normalized spacial score (nSPS) is 13.1. The number of halogens is 2. The number of hydrogen-bond donors (Lipinski definition) is 2. The van der Waals surface area contributed by atoms with Crippen LogP contribution in [-0.2, 0) is 0 Å². The highest BCUT2D eigenvalue weighted by Gasteiger charge is 2.18. The lowest BCUT2D eigenvalue weighted by molar-refractivity contribution is 0.474. The van der Waals surface area contributed by atoms with E-state index in [-0.39, 0.29) is 11.6 Å². The van der Waals surface area contributed by atoms with Crippen LogP contribution in [0.3, 0.4) is 0 Å². The number of hydrazine groups is 1. The molecule has 0 radical (unpaired) electrons. The molecule has 1 atom stereocenters. The summed E-state index contributed by atoms with van der Waals surface area (Å²) in [5.41, 5.74) is 3.15. The molecule has 1 aromatic rings. The van der Waals surface area contributed by atoms with Crippen LogP contribution in [0.4, 0.5) is 8.78 Å². The van der Waals surface area contributed by atoms with Gasteiger partial charge in [0.1, 0.15) is 0 Å². The number of rotatable bonds is 6. The van der Waals surface area contributed by atoms with Crippen LogP contribution in [0.5, 0.6) is 0 Å². The molecule has 1 unspecified atom stereocenters. The third kappa shape index (κ3) is 3.93. The van der Waals surface area contributed by atoms with Crippen molar-refractivity contribution in [2.24, 2.45) is 11.8 Å². The van der Waals surface area contributed by atoms with E-state index in [0.717, 1.165) is 5.75 Å². The molecular formula is C13H20F2N2S. The number of hydrogen-bond acceptors (Lipinski definition) is 3. The molecule has 0 spiro atoms. The molecule has 1 aromatic carbocycles. The van der Waals surface area contributed by atoms with E-state index >= 15 is 0 Å². The van der Waals surface area contributed by atoms with Gasteiger partial charge in [-0.25, -0.2) is 8.78 Å². The van der Waals surface area contributed by atoms with Gasteiger partial charge in [-0.1, -0.05) is 26.0 Å². The number of nitrogens with two attached hydrogens (primary N) is 1. The van der Waals surface area contributed by atoms with E-state index in [9.17, 15) is 8.78 Å². The number of aryl methyl sites for hydroxylation is 1. The molecular weight excluding hydrogens is 254 g/mol. The molecule has 0 saturated heterocycles. The molecule has 0 aliphatic carbocycles. The van der Waals surface area contributed by atoms with E-state index in [1.807, 2.05) is 0 Å². The monoisotopic (exact) mass is 274 g/mol. The summed E-state index contributed by atoms with van der Waals surface area (Å²) >= 11 is 1.68. The Balaban J connectivity index is 2.79. The van der Waals surface area contributed by atoms with Crippen molar-refractivity contribution in [3.05, 3.63) is 34.9 Å². The average Bonchev–Trinajstić information content (AvgIpc) is 2.33. The highest BCUT2D eigenvalue weighted by molar-refractivity contribution is 7.99. The molecule has 0 saturated carbocycles. The Morgan fingerprint density at radius 3 is 2.44 bits per heavy atom. The van der Waals surface area contributed by atoms with Gasteiger partial charge in [0.15, 0.2) is 11.6 Å². The minimum absolute atomic E-state index is 0.289. The average molecular weight is 274 g/mol. The Bertz CT molecular complexity index is 397. The van der Waals surface area contributed by atoms with Crippen molar-refractivity contribution in [1.29, 1.82) is 0 Å². The first kappa shape index (κ1) is 15.4. The molecule has 0 aliphatic heterocycles. The van der Waals surface area contributed by atoms with Gasteiger partial charge in [-0.15, -0.1) is 0 Å². The lowest BCUT2D eigenvalue weighted by Crippen LogP contribution is -2.30. The smallest absolute Gasteiger partial charge is 0.163 e. The van der Waals surface area contributed by atoms with Crippen molar-refractivity contribution in [3.8, 4) is 0 Å². The summed E-state index contributed by atoms with van der Waals surface area (Å²) in [5, 5.41) is 0. The van der Waals surface area contributed by atoms with Crippen LogP contribution in [0.2, 0.25) is 0 Å². The zero-order valence-corrected chi connectivity index (χ0v) is 11.8. The van der Waals surface area contributed by atoms with Crippen LogP contribution in [-0.4, -0.2) is 11.5 Å². The molecule has 3 N–H and O–H groups in total. The topological polar surface area (TPSA) is 38.0 Å². The van der Waals surface area contributed by atoms with Crippen molar-refractivity contribution in [2.75, 3.05) is 11.5 Å². The van der Waals surface area contributed by atoms with Crippen molar-refractivity contribution < 1.29 is 8.78 Å². The summed E-state index contributed by atoms with van der Waals surface area (Å²) in [5.74, 6) is 5.98. The fourth-order valence-electron chi connectivity index (χ4n) is 1.58. The van der Waals surface area contributed by atoms with Gasteiger partial charge in [0.25, 0.3) is 0 Å². The largest absolute Gasteiger partial charge is 0.271 e. The van der Waals surface area contributed by atoms with Crippen molar-refractivity contribution in [2.45, 2.75) is 26.8 Å². The van der Waals surface area contributed by atoms with Crippen molar-refractivity contribution >= 4 is 11.8 Å². The Labute approximate surface area is 111 Å². The van der Waals surface area contributed by atoms with Crippen LogP contribution in [0.15, 0.2) is 12.1 Å². The third-order valence-electron chi connectivity index (χ3n) is 2.62. The van der Waals surface area contributed by atoms with E-state index in [2.05, 4.69) is 19.3 Å². The highest BCUT2D eigenvalue weighted by Crippen LogP contribution is 2.24. The lowest BCUT2D eigenvalue weighted by Gasteiger charge is -2.18. The Morgan fingerprint density at radius 2 is 1.89 bits per heavy atom. The molecule has 0 bridgehead atoms. The van der Waals surface area contributed by atoms with Gasteiger partial charge in [0, 0.05) is 11.3 Å². The summed E-state index contributed by atoms with van der Waals surface area (Å²) < 4.78 is 27.3. The maximum Gasteiger partial charge on any atom is 0.163 e. The number of benzene rings is 1. The standard InChI is InChI=1S/C13H20F2N2S/c1-8(2)6-18-7-11(17-16)10-5-4-9(3)12(14)13(10)15/h4-5,8,11,17H,6-7,16H2,1-3H3. The van der Waals surface area contributed by atoms with Crippen molar-refractivity contribution in [1.82, 2.24) is 5.43 Å². The minimum Gasteiger partial charge on any atom is -0.271 e. The van der Waals surface area contributed by atoms with Gasteiger partial charge in [0.05, 0.1) is 6.04 Å². The van der Waals surface area contributed by atoms with Crippen LogP contribution >= 0.6 is 11.8 Å². The molecule has 2 nitrogen and oxygen atoms in total. The first-order chi connectivity index (χ1) is 8.47. The van der Waals surface area contributed by atoms with Crippen LogP contribution in [0.25, 0.3) is 0 Å². The Hall–Kier alpha value is -0.650. The maximum atomic E-state index is 13.8. The molecule has 0 aromatic heterocycles. The second kappa shape index (κ2) is 7.07. The van der Waals surface area contributed by atoms with Crippen molar-refractivity contribution in [3.63, 3.8) is 0 Å². The number of nitrogens with one attached hydrogen (secondary N) is 1. The third-order valence-corrected chi connectivity index (χ3v) is 4.09. The van der Waals surface area contributed by atoms with Gasteiger partial charge in [-0.3, -0.25) is 11.3 Å². The Morgan fingerprint density at radius 1 is 1.22 bits per heavy atom. The molecule has 18 heavy (non-hydrogen) atoms. The van der Waals surface area contributed by atoms with Gasteiger partial charge in [0.2, 0.25) is 0 Å². The first-order valence-electron chi connectivity index (χ1n) is 5.95. The quantitative estimate of drug-likeness (QED) is 0.618.